The molecule has 0 aliphatic heterocycles. The van der Waals surface area contributed by atoms with Gasteiger partial charge in [0.05, 0.1) is 11.4 Å². The highest BCUT2D eigenvalue weighted by Crippen LogP contribution is 2.40. The Bertz CT molecular complexity index is 918. The minimum absolute atomic E-state index is 0.594. The van der Waals surface area contributed by atoms with Gasteiger partial charge in [-0.15, -0.1) is 16.8 Å². The molecular weight excluding hydrogens is 342 g/mol. The SMILES string of the molecule is C=CCn1c(SCc2ccc(-n3nc(C)cc3C)cc2)nnc1C1CC1. The van der Waals surface area contributed by atoms with Gasteiger partial charge >= 0.3 is 0 Å². The van der Waals surface area contributed by atoms with Crippen molar-refractivity contribution in [3.8, 4) is 5.69 Å². The van der Waals surface area contributed by atoms with E-state index >= 15 is 0 Å². The Morgan fingerprint density at radius 1 is 1.19 bits per heavy atom. The van der Waals surface area contributed by atoms with Crippen LogP contribution < -0.4 is 0 Å². The van der Waals surface area contributed by atoms with Crippen LogP contribution in [0.25, 0.3) is 5.69 Å². The van der Waals surface area contributed by atoms with E-state index in [4.69, 9.17) is 0 Å². The fourth-order valence-corrected chi connectivity index (χ4v) is 4.03. The number of rotatable bonds is 7. The van der Waals surface area contributed by atoms with Gasteiger partial charge in [-0.1, -0.05) is 30.0 Å². The van der Waals surface area contributed by atoms with Crippen LogP contribution in [0.1, 0.15) is 41.5 Å². The fourth-order valence-electron chi connectivity index (χ4n) is 3.12. The lowest BCUT2D eigenvalue weighted by molar-refractivity contribution is 0.681. The van der Waals surface area contributed by atoms with Crippen LogP contribution in [0.3, 0.4) is 0 Å². The molecule has 4 rings (SSSR count). The highest BCUT2D eigenvalue weighted by atomic mass is 32.2. The van der Waals surface area contributed by atoms with E-state index in [2.05, 4.69) is 63.7 Å². The van der Waals surface area contributed by atoms with Crippen LogP contribution in [0, 0.1) is 13.8 Å². The van der Waals surface area contributed by atoms with Gasteiger partial charge in [-0.3, -0.25) is 0 Å². The number of aromatic nitrogens is 5. The molecule has 0 unspecified atom stereocenters. The minimum atomic E-state index is 0.594. The molecule has 0 amide bonds. The molecule has 2 heterocycles. The first-order valence-electron chi connectivity index (χ1n) is 8.95. The average Bonchev–Trinajstić information content (AvgIpc) is 3.32. The lowest BCUT2D eigenvalue weighted by Crippen LogP contribution is -2.02. The van der Waals surface area contributed by atoms with Gasteiger partial charge in [0, 0.05) is 23.9 Å². The van der Waals surface area contributed by atoms with E-state index in [0.29, 0.717) is 5.92 Å². The summed E-state index contributed by atoms with van der Waals surface area (Å²) in [5.41, 5.74) is 4.54. The number of aryl methyl sites for hydroxylation is 2. The summed E-state index contributed by atoms with van der Waals surface area (Å²) in [6.45, 7) is 8.74. The highest BCUT2D eigenvalue weighted by molar-refractivity contribution is 7.98. The van der Waals surface area contributed by atoms with Crippen molar-refractivity contribution in [3.05, 3.63) is 65.8 Å². The monoisotopic (exact) mass is 365 g/mol. The Morgan fingerprint density at radius 2 is 1.96 bits per heavy atom. The molecule has 0 N–H and O–H groups in total. The molecule has 2 aromatic heterocycles. The zero-order valence-electron chi connectivity index (χ0n) is 15.2. The Morgan fingerprint density at radius 3 is 2.58 bits per heavy atom. The van der Waals surface area contributed by atoms with Gasteiger partial charge in [0.25, 0.3) is 0 Å². The molecule has 26 heavy (non-hydrogen) atoms. The van der Waals surface area contributed by atoms with Crippen molar-refractivity contribution >= 4 is 11.8 Å². The zero-order valence-corrected chi connectivity index (χ0v) is 16.0. The topological polar surface area (TPSA) is 48.5 Å². The van der Waals surface area contributed by atoms with Crippen LogP contribution in [-0.2, 0) is 12.3 Å². The molecule has 3 aromatic rings. The van der Waals surface area contributed by atoms with Gasteiger partial charge in [-0.25, -0.2) is 4.68 Å². The van der Waals surface area contributed by atoms with E-state index in [-0.39, 0.29) is 0 Å². The molecule has 0 spiro atoms. The summed E-state index contributed by atoms with van der Waals surface area (Å²) in [7, 11) is 0. The van der Waals surface area contributed by atoms with E-state index in [9.17, 15) is 0 Å². The minimum Gasteiger partial charge on any atom is -0.302 e. The van der Waals surface area contributed by atoms with Crippen molar-refractivity contribution in [3.63, 3.8) is 0 Å². The van der Waals surface area contributed by atoms with Crippen LogP contribution in [0.4, 0.5) is 0 Å². The first-order valence-corrected chi connectivity index (χ1v) is 9.93. The van der Waals surface area contributed by atoms with Gasteiger partial charge in [0.2, 0.25) is 0 Å². The normalized spacial score (nSPS) is 13.9. The summed E-state index contributed by atoms with van der Waals surface area (Å²) >= 11 is 1.73. The molecule has 6 heteroatoms. The molecule has 0 radical (unpaired) electrons. The predicted molar refractivity (Wildman–Crippen MR) is 105 cm³/mol. The van der Waals surface area contributed by atoms with Crippen LogP contribution in [0.5, 0.6) is 0 Å². The van der Waals surface area contributed by atoms with Gasteiger partial charge in [-0.2, -0.15) is 5.10 Å². The van der Waals surface area contributed by atoms with Crippen molar-refractivity contribution in [2.24, 2.45) is 0 Å². The summed E-state index contributed by atoms with van der Waals surface area (Å²) < 4.78 is 4.19. The van der Waals surface area contributed by atoms with Crippen LogP contribution in [0.15, 0.2) is 48.1 Å². The number of thioether (sulfide) groups is 1. The average molecular weight is 366 g/mol. The number of hydrogen-bond acceptors (Lipinski definition) is 4. The third kappa shape index (κ3) is 3.46. The predicted octanol–water partition coefficient (Wildman–Crippen LogP) is 4.44. The lowest BCUT2D eigenvalue weighted by Gasteiger charge is -2.08. The largest absolute Gasteiger partial charge is 0.302 e. The molecule has 0 atom stereocenters. The Labute approximate surface area is 158 Å². The summed E-state index contributed by atoms with van der Waals surface area (Å²) in [5, 5.41) is 14.3. The summed E-state index contributed by atoms with van der Waals surface area (Å²) in [4.78, 5) is 0. The van der Waals surface area contributed by atoms with Gasteiger partial charge in [-0.05, 0) is 50.5 Å². The summed E-state index contributed by atoms with van der Waals surface area (Å²) in [5.74, 6) is 2.58. The molecular formula is C20H23N5S. The first kappa shape index (κ1) is 17.1. The second-order valence-corrected chi connectivity index (χ2v) is 7.75. The van der Waals surface area contributed by atoms with Crippen LogP contribution in [0.2, 0.25) is 0 Å². The standard InChI is InChI=1S/C20H23N5S/c1-4-11-24-19(17-7-8-17)21-22-20(24)26-13-16-5-9-18(10-6-16)25-15(3)12-14(2)23-25/h4-6,9-10,12,17H,1,7-8,11,13H2,2-3H3. The van der Waals surface area contributed by atoms with Crippen molar-refractivity contribution in [1.29, 1.82) is 0 Å². The maximum Gasteiger partial charge on any atom is 0.191 e. The molecule has 5 nitrogen and oxygen atoms in total. The van der Waals surface area contributed by atoms with Crippen molar-refractivity contribution in [1.82, 2.24) is 24.5 Å². The zero-order chi connectivity index (χ0) is 18.1. The molecule has 0 bridgehead atoms. The van der Waals surface area contributed by atoms with Crippen LogP contribution in [-0.4, -0.2) is 24.5 Å². The Hall–Kier alpha value is -2.34. The number of nitrogens with zero attached hydrogens (tertiary/aromatic N) is 5. The van der Waals surface area contributed by atoms with Gasteiger partial charge in [0.15, 0.2) is 5.16 Å². The molecule has 0 saturated heterocycles. The number of allylic oxidation sites excluding steroid dienone is 1. The van der Waals surface area contributed by atoms with E-state index in [1.165, 1.54) is 18.4 Å². The molecule has 1 aromatic carbocycles. The maximum absolute atomic E-state index is 4.54. The van der Waals surface area contributed by atoms with E-state index in [0.717, 1.165) is 40.4 Å². The molecule has 1 aliphatic carbocycles. The Balaban J connectivity index is 1.47. The van der Waals surface area contributed by atoms with E-state index in [1.54, 1.807) is 11.8 Å². The third-order valence-electron chi connectivity index (χ3n) is 4.56. The lowest BCUT2D eigenvalue weighted by atomic mass is 10.2. The van der Waals surface area contributed by atoms with Crippen molar-refractivity contribution in [2.75, 3.05) is 0 Å². The molecule has 1 fully saturated rings. The highest BCUT2D eigenvalue weighted by Gasteiger charge is 2.30. The quantitative estimate of drug-likeness (QED) is 0.459. The second-order valence-electron chi connectivity index (χ2n) is 6.81. The van der Waals surface area contributed by atoms with E-state index in [1.807, 2.05) is 17.7 Å². The van der Waals surface area contributed by atoms with Crippen molar-refractivity contribution < 1.29 is 0 Å². The molecule has 1 saturated carbocycles. The van der Waals surface area contributed by atoms with Gasteiger partial charge < -0.3 is 4.57 Å². The van der Waals surface area contributed by atoms with Crippen LogP contribution >= 0.6 is 11.8 Å². The first-order chi connectivity index (χ1) is 12.7. The smallest absolute Gasteiger partial charge is 0.191 e. The summed E-state index contributed by atoms with van der Waals surface area (Å²) in [6, 6.07) is 10.7. The fraction of sp³-hybridized carbons (Fsp3) is 0.350. The number of hydrogen-bond donors (Lipinski definition) is 0. The molecule has 1 aliphatic rings. The van der Waals surface area contributed by atoms with Crippen molar-refractivity contribution in [2.45, 2.75) is 50.1 Å². The van der Waals surface area contributed by atoms with E-state index < -0.39 is 0 Å². The summed E-state index contributed by atoms with van der Waals surface area (Å²) in [6.07, 6.45) is 4.38. The molecule has 134 valence electrons. The second kappa shape index (κ2) is 7.11. The van der Waals surface area contributed by atoms with Gasteiger partial charge in [0.1, 0.15) is 5.82 Å². The number of benzene rings is 1. The third-order valence-corrected chi connectivity index (χ3v) is 5.60. The maximum atomic E-state index is 4.54. The Kier molecular flexibility index (Phi) is 4.68.